The highest BCUT2D eigenvalue weighted by molar-refractivity contribution is 9.10. The number of ether oxygens (including phenoxy) is 1. The van der Waals surface area contributed by atoms with Crippen molar-refractivity contribution in [3.8, 4) is 0 Å². The van der Waals surface area contributed by atoms with Gasteiger partial charge in [0.15, 0.2) is 0 Å². The van der Waals surface area contributed by atoms with E-state index < -0.39 is 11.8 Å². The minimum Gasteiger partial charge on any atom is -0.457 e. The van der Waals surface area contributed by atoms with Crippen molar-refractivity contribution in [2.45, 2.75) is 11.5 Å². The molecule has 0 spiro atoms. The molecule has 2 aromatic carbocycles. The Hall–Kier alpha value is -1.33. The molecule has 0 unspecified atom stereocenters. The fraction of sp³-hybridized carbons (Fsp3) is 0.0714. The quantitative estimate of drug-likeness (QED) is 0.668. The molecular weight excluding hydrogens is 331 g/mol. The van der Waals surface area contributed by atoms with Crippen molar-refractivity contribution in [2.75, 3.05) is 0 Å². The van der Waals surface area contributed by atoms with E-state index in [1.807, 2.05) is 24.3 Å². The third kappa shape index (κ3) is 3.81. The standard InChI is InChI=1S/C14H10BrFO2S/c15-10-3-1-9(2-4-10)8-18-14(17)12-7-11(19)5-6-13(12)16/h1-7,19H,8H2. The minimum atomic E-state index is -0.698. The van der Waals surface area contributed by atoms with Gasteiger partial charge in [0.25, 0.3) is 0 Å². The van der Waals surface area contributed by atoms with Crippen LogP contribution >= 0.6 is 28.6 Å². The monoisotopic (exact) mass is 340 g/mol. The Kier molecular flexibility index (Phi) is 4.61. The van der Waals surface area contributed by atoms with Crippen LogP contribution in [0.4, 0.5) is 4.39 Å². The SMILES string of the molecule is O=C(OCc1ccc(Br)cc1)c1cc(S)ccc1F. The molecule has 0 aliphatic heterocycles. The molecule has 19 heavy (non-hydrogen) atoms. The molecule has 2 rings (SSSR count). The second kappa shape index (κ2) is 6.21. The molecule has 5 heteroatoms. The predicted molar refractivity (Wildman–Crippen MR) is 76.9 cm³/mol. The summed E-state index contributed by atoms with van der Waals surface area (Å²) >= 11 is 7.38. The van der Waals surface area contributed by atoms with Crippen LogP contribution in [0.5, 0.6) is 0 Å². The van der Waals surface area contributed by atoms with E-state index in [9.17, 15) is 9.18 Å². The number of thiol groups is 1. The second-order valence-electron chi connectivity index (χ2n) is 3.87. The van der Waals surface area contributed by atoms with Crippen molar-refractivity contribution >= 4 is 34.5 Å². The maximum atomic E-state index is 13.5. The van der Waals surface area contributed by atoms with Crippen LogP contribution in [-0.2, 0) is 11.3 Å². The van der Waals surface area contributed by atoms with E-state index in [-0.39, 0.29) is 12.2 Å². The van der Waals surface area contributed by atoms with Crippen LogP contribution < -0.4 is 0 Å². The largest absolute Gasteiger partial charge is 0.457 e. The lowest BCUT2D eigenvalue weighted by Gasteiger charge is -2.06. The Morgan fingerprint density at radius 2 is 1.89 bits per heavy atom. The topological polar surface area (TPSA) is 26.3 Å². The highest BCUT2D eigenvalue weighted by Gasteiger charge is 2.13. The molecule has 2 nitrogen and oxygen atoms in total. The molecule has 0 heterocycles. The van der Waals surface area contributed by atoms with Crippen molar-refractivity contribution in [1.82, 2.24) is 0 Å². The smallest absolute Gasteiger partial charge is 0.341 e. The third-order valence-corrected chi connectivity index (χ3v) is 3.26. The predicted octanol–water partition coefficient (Wildman–Crippen LogP) is 4.23. The van der Waals surface area contributed by atoms with E-state index in [1.54, 1.807) is 0 Å². The number of benzene rings is 2. The van der Waals surface area contributed by atoms with E-state index in [2.05, 4.69) is 28.6 Å². The molecule has 0 radical (unpaired) electrons. The average molecular weight is 341 g/mol. The second-order valence-corrected chi connectivity index (χ2v) is 5.30. The summed E-state index contributed by atoms with van der Waals surface area (Å²) in [4.78, 5) is 12.3. The molecular formula is C14H10BrFO2S. The first kappa shape index (κ1) is 14.1. The summed E-state index contributed by atoms with van der Waals surface area (Å²) in [5, 5.41) is 0. The van der Waals surface area contributed by atoms with Gasteiger partial charge < -0.3 is 4.74 Å². The summed E-state index contributed by atoms with van der Waals surface area (Å²) in [6, 6.07) is 11.4. The maximum Gasteiger partial charge on any atom is 0.341 e. The molecule has 0 saturated heterocycles. The Labute approximate surface area is 124 Å². The number of halogens is 2. The van der Waals surface area contributed by atoms with E-state index in [0.29, 0.717) is 4.90 Å². The van der Waals surface area contributed by atoms with Crippen LogP contribution in [0.2, 0.25) is 0 Å². The van der Waals surface area contributed by atoms with Crippen LogP contribution in [0.25, 0.3) is 0 Å². The van der Waals surface area contributed by atoms with E-state index in [1.165, 1.54) is 18.2 Å². The van der Waals surface area contributed by atoms with Gasteiger partial charge in [0.05, 0.1) is 5.56 Å². The van der Waals surface area contributed by atoms with Crippen LogP contribution in [0.15, 0.2) is 51.8 Å². The van der Waals surface area contributed by atoms with Gasteiger partial charge in [-0.2, -0.15) is 0 Å². The molecule has 0 aliphatic carbocycles. The van der Waals surface area contributed by atoms with Crippen LogP contribution in [0, 0.1) is 5.82 Å². The number of hydrogen-bond donors (Lipinski definition) is 1. The highest BCUT2D eigenvalue weighted by Crippen LogP contribution is 2.16. The zero-order valence-electron chi connectivity index (χ0n) is 9.77. The minimum absolute atomic E-state index is 0.0996. The third-order valence-electron chi connectivity index (χ3n) is 2.45. The molecule has 0 atom stereocenters. The number of carbonyl (C=O) groups excluding carboxylic acids is 1. The highest BCUT2D eigenvalue weighted by atomic mass is 79.9. The van der Waals surface area contributed by atoms with Gasteiger partial charge in [-0.25, -0.2) is 9.18 Å². The first-order valence-electron chi connectivity index (χ1n) is 5.46. The number of hydrogen-bond acceptors (Lipinski definition) is 3. The molecule has 0 saturated carbocycles. The Morgan fingerprint density at radius 1 is 1.21 bits per heavy atom. The summed E-state index contributed by atoms with van der Waals surface area (Å²) in [5.41, 5.74) is 0.726. The molecule has 0 fully saturated rings. The molecule has 0 bridgehead atoms. The Morgan fingerprint density at radius 3 is 2.58 bits per heavy atom. The van der Waals surface area contributed by atoms with Crippen LogP contribution in [-0.4, -0.2) is 5.97 Å². The summed E-state index contributed by atoms with van der Waals surface area (Å²) < 4.78 is 19.5. The average Bonchev–Trinajstić information content (AvgIpc) is 2.40. The lowest BCUT2D eigenvalue weighted by molar-refractivity contribution is 0.0467. The molecule has 0 aromatic heterocycles. The van der Waals surface area contributed by atoms with E-state index in [4.69, 9.17) is 4.74 Å². The van der Waals surface area contributed by atoms with E-state index in [0.717, 1.165) is 10.0 Å². The van der Waals surface area contributed by atoms with Gasteiger partial charge in [0.2, 0.25) is 0 Å². The number of rotatable bonds is 3. The van der Waals surface area contributed by atoms with Gasteiger partial charge in [-0.05, 0) is 35.9 Å². The van der Waals surface area contributed by atoms with Gasteiger partial charge in [0, 0.05) is 9.37 Å². The first-order chi connectivity index (χ1) is 9.06. The van der Waals surface area contributed by atoms with E-state index >= 15 is 0 Å². The lowest BCUT2D eigenvalue weighted by atomic mass is 10.2. The van der Waals surface area contributed by atoms with Crippen molar-refractivity contribution in [1.29, 1.82) is 0 Å². The van der Waals surface area contributed by atoms with Gasteiger partial charge in [-0.1, -0.05) is 28.1 Å². The van der Waals surface area contributed by atoms with Gasteiger partial charge in [-0.3, -0.25) is 0 Å². The number of carbonyl (C=O) groups is 1. The van der Waals surface area contributed by atoms with Crippen molar-refractivity contribution in [3.63, 3.8) is 0 Å². The zero-order chi connectivity index (χ0) is 13.8. The summed E-state index contributed by atoms with van der Waals surface area (Å²) in [6.07, 6.45) is 0. The van der Waals surface area contributed by atoms with Crippen LogP contribution in [0.3, 0.4) is 0 Å². The van der Waals surface area contributed by atoms with Gasteiger partial charge in [-0.15, -0.1) is 12.6 Å². The first-order valence-corrected chi connectivity index (χ1v) is 6.70. The lowest BCUT2D eigenvalue weighted by Crippen LogP contribution is -2.07. The van der Waals surface area contributed by atoms with Crippen molar-refractivity contribution < 1.29 is 13.9 Å². The Balaban J connectivity index is 2.05. The van der Waals surface area contributed by atoms with Crippen LogP contribution in [0.1, 0.15) is 15.9 Å². The number of esters is 1. The fourth-order valence-electron chi connectivity index (χ4n) is 1.48. The van der Waals surface area contributed by atoms with Crippen molar-refractivity contribution in [2.24, 2.45) is 0 Å². The molecule has 0 amide bonds. The fourth-order valence-corrected chi connectivity index (χ4v) is 1.94. The molecule has 2 aromatic rings. The Bertz CT molecular complexity index is 599. The molecule has 0 N–H and O–H groups in total. The molecule has 98 valence electrons. The zero-order valence-corrected chi connectivity index (χ0v) is 12.2. The van der Waals surface area contributed by atoms with Gasteiger partial charge in [0.1, 0.15) is 12.4 Å². The summed E-state index contributed by atoms with van der Waals surface area (Å²) in [6.45, 7) is 0.0996. The van der Waals surface area contributed by atoms with Crippen molar-refractivity contribution in [3.05, 3.63) is 63.9 Å². The normalized spacial score (nSPS) is 10.3. The maximum absolute atomic E-state index is 13.5. The van der Waals surface area contributed by atoms with Gasteiger partial charge >= 0.3 is 5.97 Å². The summed E-state index contributed by atoms with van der Waals surface area (Å²) in [5.74, 6) is -1.31. The molecule has 0 aliphatic rings. The summed E-state index contributed by atoms with van der Waals surface area (Å²) in [7, 11) is 0.